The Balaban J connectivity index is 1.59. The Morgan fingerprint density at radius 3 is 2.63 bits per heavy atom. The van der Waals surface area contributed by atoms with Crippen molar-refractivity contribution < 1.29 is 17.9 Å². The molecule has 0 amide bonds. The van der Waals surface area contributed by atoms with Crippen molar-refractivity contribution in [3.63, 3.8) is 0 Å². The number of hydrogen-bond acceptors (Lipinski definition) is 6. The van der Waals surface area contributed by atoms with E-state index in [0.717, 1.165) is 44.4 Å². The quantitative estimate of drug-likeness (QED) is 0.582. The van der Waals surface area contributed by atoms with Crippen LogP contribution < -0.4 is 15.5 Å². The van der Waals surface area contributed by atoms with E-state index in [1.165, 1.54) is 12.1 Å². The topological polar surface area (TPSA) is 67.6 Å². The third-order valence-electron chi connectivity index (χ3n) is 6.70. The molecule has 1 atom stereocenters. The van der Waals surface area contributed by atoms with Gasteiger partial charge in [-0.2, -0.15) is 0 Å². The van der Waals surface area contributed by atoms with Crippen LogP contribution in [0.5, 0.6) is 5.75 Å². The summed E-state index contributed by atoms with van der Waals surface area (Å²) in [6, 6.07) is 5.18. The van der Waals surface area contributed by atoms with E-state index in [1.807, 2.05) is 6.07 Å². The number of halogens is 3. The molecule has 0 spiro atoms. The SMILES string of the molecule is Cc1nc2n3c(c(OC4CCN(C)CC4)cc-2c(=NC(C)c2cccc(C(F)F)c2F)n1)NCC3. The molecule has 0 aliphatic carbocycles. The van der Waals surface area contributed by atoms with Crippen LogP contribution in [0.15, 0.2) is 29.3 Å². The van der Waals surface area contributed by atoms with Crippen LogP contribution in [0.1, 0.15) is 49.2 Å². The number of benzene rings is 1. The number of likely N-dealkylation sites (tertiary alicyclic amines) is 1. The zero-order valence-electron chi connectivity index (χ0n) is 20.1. The molecule has 4 aliphatic heterocycles. The molecule has 1 N–H and O–H groups in total. The van der Waals surface area contributed by atoms with Crippen molar-refractivity contribution in [2.45, 2.75) is 51.8 Å². The number of rotatable bonds is 5. The van der Waals surface area contributed by atoms with Gasteiger partial charge in [0.15, 0.2) is 17.1 Å². The van der Waals surface area contributed by atoms with Gasteiger partial charge in [-0.05, 0) is 39.8 Å². The van der Waals surface area contributed by atoms with Crippen LogP contribution in [0, 0.1) is 12.7 Å². The summed E-state index contributed by atoms with van der Waals surface area (Å²) in [6.07, 6.45) is -0.915. The Morgan fingerprint density at radius 2 is 1.89 bits per heavy atom. The molecule has 35 heavy (non-hydrogen) atoms. The highest BCUT2D eigenvalue weighted by Crippen LogP contribution is 2.36. The third kappa shape index (κ3) is 4.59. The van der Waals surface area contributed by atoms with Crippen LogP contribution in [-0.2, 0) is 6.54 Å². The van der Waals surface area contributed by atoms with E-state index >= 15 is 0 Å². The third-order valence-corrected chi connectivity index (χ3v) is 6.70. The van der Waals surface area contributed by atoms with Gasteiger partial charge < -0.3 is 19.5 Å². The van der Waals surface area contributed by atoms with Gasteiger partial charge in [0.25, 0.3) is 6.43 Å². The van der Waals surface area contributed by atoms with Gasteiger partial charge in [0, 0.05) is 31.7 Å². The number of pyridine rings is 1. The first-order chi connectivity index (χ1) is 16.8. The number of aromatic nitrogens is 3. The van der Waals surface area contributed by atoms with Crippen molar-refractivity contribution >= 4 is 5.82 Å². The van der Waals surface area contributed by atoms with Crippen molar-refractivity contribution in [2.75, 3.05) is 32.0 Å². The maximum atomic E-state index is 14.8. The molecule has 1 unspecified atom stereocenters. The van der Waals surface area contributed by atoms with E-state index < -0.39 is 23.8 Å². The van der Waals surface area contributed by atoms with Gasteiger partial charge in [-0.3, -0.25) is 4.99 Å². The van der Waals surface area contributed by atoms with Gasteiger partial charge in [0.2, 0.25) is 0 Å². The van der Waals surface area contributed by atoms with E-state index in [-0.39, 0.29) is 11.7 Å². The van der Waals surface area contributed by atoms with E-state index in [0.29, 0.717) is 35.0 Å². The van der Waals surface area contributed by atoms with Gasteiger partial charge in [-0.15, -0.1) is 0 Å². The molecule has 4 heterocycles. The molecule has 7 nitrogen and oxygen atoms in total. The molecule has 0 saturated carbocycles. The Hall–Kier alpha value is -3.14. The second-order valence-corrected chi connectivity index (χ2v) is 9.24. The molecule has 1 saturated heterocycles. The maximum Gasteiger partial charge on any atom is 0.266 e. The Bertz CT molecular complexity index is 1270. The lowest BCUT2D eigenvalue weighted by Crippen LogP contribution is -2.35. The number of nitrogens with zero attached hydrogens (tertiary/aromatic N) is 5. The van der Waals surface area contributed by atoms with Gasteiger partial charge in [-0.25, -0.2) is 23.1 Å². The van der Waals surface area contributed by atoms with E-state index in [2.05, 4.69) is 36.8 Å². The molecule has 1 aromatic carbocycles. The summed E-state index contributed by atoms with van der Waals surface area (Å²) >= 11 is 0. The molecule has 0 bridgehead atoms. The van der Waals surface area contributed by atoms with Crippen LogP contribution >= 0.6 is 0 Å². The Kier molecular flexibility index (Phi) is 6.39. The Labute approximate surface area is 202 Å². The average Bonchev–Trinajstić information content (AvgIpc) is 3.32. The summed E-state index contributed by atoms with van der Waals surface area (Å²) in [7, 11) is 2.11. The fourth-order valence-corrected chi connectivity index (χ4v) is 4.79. The maximum absolute atomic E-state index is 14.8. The smallest absolute Gasteiger partial charge is 0.266 e. The Morgan fingerprint density at radius 1 is 1.14 bits per heavy atom. The first-order valence-corrected chi connectivity index (χ1v) is 11.9. The highest BCUT2D eigenvalue weighted by molar-refractivity contribution is 5.68. The van der Waals surface area contributed by atoms with Gasteiger partial charge in [0.05, 0.1) is 17.2 Å². The fraction of sp³-hybridized carbons (Fsp3) is 0.480. The molecule has 0 radical (unpaired) electrons. The summed E-state index contributed by atoms with van der Waals surface area (Å²) in [6.45, 7) is 6.87. The fourth-order valence-electron chi connectivity index (χ4n) is 4.79. The lowest BCUT2D eigenvalue weighted by molar-refractivity contribution is 0.114. The van der Waals surface area contributed by atoms with Crippen LogP contribution in [-0.4, -0.2) is 52.2 Å². The van der Waals surface area contributed by atoms with E-state index in [1.54, 1.807) is 13.8 Å². The summed E-state index contributed by atoms with van der Waals surface area (Å²) in [5.74, 6) is 1.90. The van der Waals surface area contributed by atoms with Crippen molar-refractivity contribution in [1.82, 2.24) is 19.4 Å². The summed E-state index contributed by atoms with van der Waals surface area (Å²) in [5, 5.41) is 3.40. The highest BCUT2D eigenvalue weighted by atomic mass is 19.3. The average molecular weight is 487 g/mol. The predicted octanol–water partition coefficient (Wildman–Crippen LogP) is 4.33. The van der Waals surface area contributed by atoms with E-state index in [9.17, 15) is 13.2 Å². The molecular weight excluding hydrogens is 457 g/mol. The minimum Gasteiger partial charge on any atom is -0.486 e. The molecule has 186 valence electrons. The predicted molar refractivity (Wildman–Crippen MR) is 126 cm³/mol. The molecule has 4 aliphatic rings. The molecular formula is C25H29F3N6O. The minimum atomic E-state index is -2.89. The second-order valence-electron chi connectivity index (χ2n) is 9.24. The molecule has 10 heteroatoms. The second kappa shape index (κ2) is 9.49. The van der Waals surface area contributed by atoms with Crippen LogP contribution in [0.25, 0.3) is 11.4 Å². The number of alkyl halides is 2. The van der Waals surface area contributed by atoms with Crippen LogP contribution in [0.3, 0.4) is 0 Å². The highest BCUT2D eigenvalue weighted by Gasteiger charge is 2.27. The molecule has 1 aromatic rings. The monoisotopic (exact) mass is 486 g/mol. The standard InChI is InChI=1S/C25H29F3N6O/c1-14(17-5-4-6-18(21(17)26)22(27)28)30-23-19-13-20(35-16-7-10-33(3)11-8-16)25-29-9-12-34(25)24(19)32-15(2)31-23/h4-6,13-14,16,22,29H,7-12H2,1-3H3. The van der Waals surface area contributed by atoms with Gasteiger partial charge in [-0.1, -0.05) is 18.2 Å². The van der Waals surface area contributed by atoms with Crippen molar-refractivity contribution in [1.29, 1.82) is 0 Å². The van der Waals surface area contributed by atoms with Crippen molar-refractivity contribution in [3.05, 3.63) is 52.5 Å². The summed E-state index contributed by atoms with van der Waals surface area (Å²) in [5.41, 5.74) is 0.549. The van der Waals surface area contributed by atoms with E-state index in [4.69, 9.17) is 4.74 Å². The number of nitrogens with one attached hydrogen (secondary N) is 1. The molecule has 5 rings (SSSR count). The molecule has 1 fully saturated rings. The zero-order valence-corrected chi connectivity index (χ0v) is 20.1. The number of ether oxygens (including phenoxy) is 1. The summed E-state index contributed by atoms with van der Waals surface area (Å²) < 4.78 is 49.8. The lowest BCUT2D eigenvalue weighted by Gasteiger charge is -2.30. The summed E-state index contributed by atoms with van der Waals surface area (Å²) in [4.78, 5) is 16.1. The number of piperidine rings is 1. The number of aryl methyl sites for hydroxylation is 1. The lowest BCUT2D eigenvalue weighted by atomic mass is 10.0. The van der Waals surface area contributed by atoms with Crippen LogP contribution in [0.4, 0.5) is 19.0 Å². The first kappa shape index (κ1) is 23.6. The molecule has 0 aromatic heterocycles. The van der Waals surface area contributed by atoms with Gasteiger partial charge >= 0.3 is 0 Å². The normalized spacial score (nSPS) is 18.2. The van der Waals surface area contributed by atoms with Gasteiger partial charge in [0.1, 0.15) is 23.6 Å². The van der Waals surface area contributed by atoms with Crippen molar-refractivity contribution in [3.8, 4) is 17.1 Å². The minimum absolute atomic E-state index is 0.102. The zero-order chi connectivity index (χ0) is 24.7. The van der Waals surface area contributed by atoms with Crippen LogP contribution in [0.2, 0.25) is 0 Å². The number of hydrogen-bond donors (Lipinski definition) is 1. The number of anilines is 1. The first-order valence-electron chi connectivity index (χ1n) is 11.9. The van der Waals surface area contributed by atoms with Crippen molar-refractivity contribution in [2.24, 2.45) is 4.99 Å². The number of fused-ring (bicyclic) bond motifs is 3. The largest absolute Gasteiger partial charge is 0.486 e.